The maximum absolute atomic E-state index is 13.8. The van der Waals surface area contributed by atoms with Gasteiger partial charge in [-0.05, 0) is 82.4 Å². The van der Waals surface area contributed by atoms with Gasteiger partial charge >= 0.3 is 0 Å². The highest BCUT2D eigenvalue weighted by atomic mass is 16.3. The third-order valence-corrected chi connectivity index (χ3v) is 8.85. The summed E-state index contributed by atoms with van der Waals surface area (Å²) < 4.78 is 0. The Balaban J connectivity index is 1.58. The molecule has 1 heterocycles. The van der Waals surface area contributed by atoms with Crippen LogP contribution in [0.4, 0.5) is 0 Å². The number of benzene rings is 1. The average Bonchev–Trinajstić information content (AvgIpc) is 2.86. The third kappa shape index (κ3) is 3.85. The number of aliphatic hydroxyl groups is 3. The number of hydrogen-bond donors (Lipinski definition) is 5. The van der Waals surface area contributed by atoms with Crippen molar-refractivity contribution in [1.82, 2.24) is 9.80 Å². The molecule has 10 nitrogen and oxygen atoms in total. The van der Waals surface area contributed by atoms with Gasteiger partial charge in [-0.3, -0.25) is 19.3 Å². The molecule has 0 unspecified atom stereocenters. The Morgan fingerprint density at radius 2 is 1.82 bits per heavy atom. The van der Waals surface area contributed by atoms with Crippen LogP contribution in [0, 0.1) is 11.8 Å². The van der Waals surface area contributed by atoms with Crippen molar-refractivity contribution in [1.29, 1.82) is 0 Å². The second-order valence-corrected chi connectivity index (χ2v) is 11.2. The molecular formula is C28H35N3O7. The largest absolute Gasteiger partial charge is 0.510 e. The summed E-state index contributed by atoms with van der Waals surface area (Å²) in [6.07, 6.45) is 4.67. The molecule has 204 valence electrons. The number of likely N-dealkylation sites (N-methyl/N-ethyl adjacent to an activating group) is 1. The summed E-state index contributed by atoms with van der Waals surface area (Å²) in [4.78, 5) is 43.2. The maximum Gasteiger partial charge on any atom is 0.255 e. The fourth-order valence-electron chi connectivity index (χ4n) is 7.01. The topological polar surface area (TPSA) is 165 Å². The fraction of sp³-hybridized carbons (Fsp3) is 0.536. The van der Waals surface area contributed by atoms with E-state index in [0.29, 0.717) is 18.4 Å². The number of aromatic hydroxyl groups is 1. The van der Waals surface area contributed by atoms with Crippen LogP contribution < -0.4 is 5.73 Å². The molecule has 0 aromatic heterocycles. The van der Waals surface area contributed by atoms with Gasteiger partial charge in [0.25, 0.3) is 5.91 Å². The van der Waals surface area contributed by atoms with Crippen LogP contribution in [0.3, 0.4) is 0 Å². The van der Waals surface area contributed by atoms with E-state index >= 15 is 0 Å². The first-order chi connectivity index (χ1) is 18.0. The molecule has 1 amide bonds. The molecular weight excluding hydrogens is 490 g/mol. The van der Waals surface area contributed by atoms with Crippen molar-refractivity contribution < 1.29 is 34.8 Å². The Labute approximate surface area is 221 Å². The standard InChI is InChI=1S/C28H35N3O7/c1-30(2)22-17-13-15-12-16-14(8-11-31-9-4-3-5-10-31)6-7-18(32)20(16)23(33)19(15)25(35)28(17,38)26(36)21(24(22)34)27(29)37/h6-7,15,17,22,32,34-35,38H,3-5,8-13H2,1-2H3,(H2,29,37)/t15-,17-,22-,28-/m0/s1. The number of aliphatic hydroxyl groups excluding tert-OH is 2. The van der Waals surface area contributed by atoms with Crippen LogP contribution in [-0.4, -0.2) is 93.1 Å². The minimum absolute atomic E-state index is 0.0712. The van der Waals surface area contributed by atoms with Gasteiger partial charge in [-0.15, -0.1) is 0 Å². The normalized spacial score (nSPS) is 29.8. The Morgan fingerprint density at radius 1 is 1.13 bits per heavy atom. The summed E-state index contributed by atoms with van der Waals surface area (Å²) in [7, 11) is 3.23. The number of fused-ring (bicyclic) bond motifs is 3. The molecule has 0 bridgehead atoms. The van der Waals surface area contributed by atoms with E-state index in [2.05, 4.69) is 4.90 Å². The van der Waals surface area contributed by atoms with Gasteiger partial charge < -0.3 is 31.1 Å². The van der Waals surface area contributed by atoms with Crippen LogP contribution in [-0.2, 0) is 22.4 Å². The van der Waals surface area contributed by atoms with E-state index in [1.165, 1.54) is 12.5 Å². The number of hydrogen-bond acceptors (Lipinski definition) is 9. The predicted molar refractivity (Wildman–Crippen MR) is 138 cm³/mol. The molecule has 10 heteroatoms. The summed E-state index contributed by atoms with van der Waals surface area (Å²) in [6.45, 7) is 2.90. The van der Waals surface area contributed by atoms with Crippen molar-refractivity contribution in [3.8, 4) is 5.75 Å². The van der Waals surface area contributed by atoms with Gasteiger partial charge in [-0.25, -0.2) is 0 Å². The second-order valence-electron chi connectivity index (χ2n) is 11.2. The number of nitrogens with two attached hydrogens (primary N) is 1. The Hall–Kier alpha value is -3.21. The molecule has 4 aliphatic rings. The molecule has 0 spiro atoms. The molecule has 38 heavy (non-hydrogen) atoms. The number of carbonyl (C=O) groups is 3. The van der Waals surface area contributed by atoms with E-state index < -0.39 is 58.0 Å². The van der Waals surface area contributed by atoms with Gasteiger partial charge in [0.2, 0.25) is 5.78 Å². The molecule has 1 saturated heterocycles. The number of Topliss-reactive ketones (excluding diaryl/α,β-unsaturated/α-hetero) is 2. The van der Waals surface area contributed by atoms with Crippen molar-refractivity contribution in [2.75, 3.05) is 33.7 Å². The van der Waals surface area contributed by atoms with Crippen LogP contribution in [0.15, 0.2) is 34.8 Å². The maximum atomic E-state index is 13.8. The van der Waals surface area contributed by atoms with Gasteiger partial charge in [0.15, 0.2) is 11.4 Å². The predicted octanol–water partition coefficient (Wildman–Crippen LogP) is 1.15. The highest BCUT2D eigenvalue weighted by molar-refractivity contribution is 6.24. The van der Waals surface area contributed by atoms with E-state index in [9.17, 15) is 34.8 Å². The average molecular weight is 526 g/mol. The first kappa shape index (κ1) is 26.4. The van der Waals surface area contributed by atoms with Gasteiger partial charge in [-0.2, -0.15) is 0 Å². The molecule has 1 fully saturated rings. The molecule has 4 atom stereocenters. The van der Waals surface area contributed by atoms with E-state index in [0.717, 1.165) is 38.0 Å². The van der Waals surface area contributed by atoms with Crippen molar-refractivity contribution in [2.45, 2.75) is 50.2 Å². The summed E-state index contributed by atoms with van der Waals surface area (Å²) in [5.41, 5.74) is 3.54. The SMILES string of the molecule is CN(C)[C@@H]1C(O)=C(C(N)=O)C(=O)[C@@]2(O)C(O)=C3C(=O)c4c(O)ccc(CCN5CCCCC5)c4C[C@H]3C[C@@H]12. The van der Waals surface area contributed by atoms with Crippen molar-refractivity contribution >= 4 is 17.5 Å². The molecule has 1 aliphatic heterocycles. The van der Waals surface area contributed by atoms with Gasteiger partial charge in [-0.1, -0.05) is 12.5 Å². The third-order valence-electron chi connectivity index (χ3n) is 8.85. The monoisotopic (exact) mass is 525 g/mol. The Bertz CT molecular complexity index is 1280. The number of nitrogens with zero attached hydrogens (tertiary/aromatic N) is 2. The van der Waals surface area contributed by atoms with Gasteiger partial charge in [0.05, 0.1) is 11.6 Å². The zero-order chi connectivity index (χ0) is 27.5. The Morgan fingerprint density at radius 3 is 2.45 bits per heavy atom. The summed E-state index contributed by atoms with van der Waals surface area (Å²) >= 11 is 0. The van der Waals surface area contributed by atoms with E-state index in [4.69, 9.17) is 5.73 Å². The lowest BCUT2D eigenvalue weighted by atomic mass is 9.58. The van der Waals surface area contributed by atoms with E-state index in [-0.39, 0.29) is 23.3 Å². The van der Waals surface area contributed by atoms with Crippen molar-refractivity contribution in [3.63, 3.8) is 0 Å². The van der Waals surface area contributed by atoms with Crippen LogP contribution in [0.2, 0.25) is 0 Å². The van der Waals surface area contributed by atoms with Crippen LogP contribution >= 0.6 is 0 Å². The molecule has 6 N–H and O–H groups in total. The first-order valence-corrected chi connectivity index (χ1v) is 13.2. The lowest BCUT2D eigenvalue weighted by molar-refractivity contribution is -0.148. The summed E-state index contributed by atoms with van der Waals surface area (Å²) in [5, 5.41) is 44.6. The lowest BCUT2D eigenvalue weighted by Crippen LogP contribution is -2.63. The molecule has 1 aromatic rings. The molecule has 0 radical (unpaired) electrons. The highest BCUT2D eigenvalue weighted by Crippen LogP contribution is 2.52. The summed E-state index contributed by atoms with van der Waals surface area (Å²) in [5.74, 6) is -6.33. The minimum atomic E-state index is -2.62. The first-order valence-electron chi connectivity index (χ1n) is 13.2. The van der Waals surface area contributed by atoms with Crippen LogP contribution in [0.25, 0.3) is 0 Å². The number of carbonyl (C=O) groups excluding carboxylic acids is 3. The molecule has 0 saturated carbocycles. The Kier molecular flexibility index (Phi) is 6.61. The number of phenols is 1. The van der Waals surface area contributed by atoms with E-state index in [1.807, 2.05) is 6.07 Å². The lowest BCUT2D eigenvalue weighted by Gasteiger charge is -2.50. The van der Waals surface area contributed by atoms with Crippen LogP contribution in [0.1, 0.15) is 47.2 Å². The smallest absolute Gasteiger partial charge is 0.255 e. The molecule has 5 rings (SSSR count). The number of allylic oxidation sites excluding steroid dienone is 1. The minimum Gasteiger partial charge on any atom is -0.510 e. The number of rotatable bonds is 5. The number of amides is 1. The molecule has 1 aromatic carbocycles. The number of likely N-dealkylation sites (tertiary alicyclic amines) is 1. The number of ketones is 2. The summed E-state index contributed by atoms with van der Waals surface area (Å²) in [6, 6.07) is 2.31. The van der Waals surface area contributed by atoms with Gasteiger partial charge in [0.1, 0.15) is 22.8 Å². The number of phenolic OH excluding ortho intramolecular Hbond substituents is 1. The zero-order valence-corrected chi connectivity index (χ0v) is 21.7. The second kappa shape index (κ2) is 9.52. The van der Waals surface area contributed by atoms with Gasteiger partial charge in [0, 0.05) is 18.0 Å². The van der Waals surface area contributed by atoms with Crippen molar-refractivity contribution in [3.05, 3.63) is 51.5 Å². The van der Waals surface area contributed by atoms with Crippen molar-refractivity contribution in [2.24, 2.45) is 17.6 Å². The molecule has 3 aliphatic carbocycles. The highest BCUT2D eigenvalue weighted by Gasteiger charge is 2.63. The number of piperidine rings is 1. The quantitative estimate of drug-likeness (QED) is 0.355. The zero-order valence-electron chi connectivity index (χ0n) is 21.7. The number of primary amides is 1. The van der Waals surface area contributed by atoms with Crippen LogP contribution in [0.5, 0.6) is 5.75 Å². The fourth-order valence-corrected chi connectivity index (χ4v) is 7.01. The van der Waals surface area contributed by atoms with E-state index in [1.54, 1.807) is 19.0 Å².